The van der Waals surface area contributed by atoms with Crippen LogP contribution in [0.3, 0.4) is 0 Å². The molecule has 3 heterocycles. The number of amides is 1. The van der Waals surface area contributed by atoms with Crippen molar-refractivity contribution in [3.05, 3.63) is 72.2 Å². The van der Waals surface area contributed by atoms with E-state index >= 15 is 0 Å². The van der Waals surface area contributed by atoms with Crippen molar-refractivity contribution < 1.29 is 9.90 Å². The lowest BCUT2D eigenvalue weighted by atomic mass is 9.99. The topological polar surface area (TPSA) is 71.2 Å². The van der Waals surface area contributed by atoms with Crippen LogP contribution in [0.5, 0.6) is 0 Å². The van der Waals surface area contributed by atoms with Crippen molar-refractivity contribution in [3.8, 4) is 0 Å². The zero-order valence-corrected chi connectivity index (χ0v) is 16.9. The van der Waals surface area contributed by atoms with Gasteiger partial charge in [-0.2, -0.15) is 0 Å². The van der Waals surface area contributed by atoms with E-state index in [2.05, 4.69) is 11.1 Å². The number of hydrogen-bond donors (Lipinski definition) is 1. The number of aryl methyl sites for hydroxylation is 1. The summed E-state index contributed by atoms with van der Waals surface area (Å²) in [5, 5.41) is 11.7. The largest absolute Gasteiger partial charge is 0.391 e. The van der Waals surface area contributed by atoms with E-state index in [4.69, 9.17) is 4.98 Å². The summed E-state index contributed by atoms with van der Waals surface area (Å²) in [5.74, 6) is 0.818. The summed E-state index contributed by atoms with van der Waals surface area (Å²) in [6.45, 7) is 3.06. The molecule has 6 nitrogen and oxygen atoms in total. The number of para-hydroxylation sites is 3. The number of likely N-dealkylation sites (tertiary alicyclic amines) is 1. The van der Waals surface area contributed by atoms with Crippen LogP contribution < -0.4 is 0 Å². The molecule has 0 saturated carbocycles. The predicted molar refractivity (Wildman–Crippen MR) is 116 cm³/mol. The van der Waals surface area contributed by atoms with Gasteiger partial charge in [-0.15, -0.1) is 0 Å². The van der Waals surface area contributed by atoms with E-state index in [1.165, 1.54) is 0 Å². The number of carbonyl (C=O) groups excluding carboxylic acids is 1. The highest BCUT2D eigenvalue weighted by atomic mass is 16.3. The first-order valence-corrected chi connectivity index (χ1v) is 10.3. The molecule has 2 aromatic heterocycles. The Morgan fingerprint density at radius 3 is 2.63 bits per heavy atom. The van der Waals surface area contributed by atoms with Crippen LogP contribution in [0.15, 0.2) is 60.7 Å². The molecule has 0 bridgehead atoms. The molecule has 0 aliphatic carbocycles. The summed E-state index contributed by atoms with van der Waals surface area (Å²) >= 11 is 0. The molecule has 152 valence electrons. The number of benzene rings is 2. The number of imidazole rings is 1. The Morgan fingerprint density at radius 2 is 1.77 bits per heavy atom. The average molecular weight is 400 g/mol. The molecule has 2 aromatic carbocycles. The van der Waals surface area contributed by atoms with Crippen LogP contribution in [0.4, 0.5) is 0 Å². The summed E-state index contributed by atoms with van der Waals surface area (Å²) in [6.07, 6.45) is 0.117. The molecule has 2 atom stereocenters. The minimum Gasteiger partial charge on any atom is -0.391 e. The number of nitrogens with zero attached hydrogens (tertiary/aromatic N) is 4. The second kappa shape index (κ2) is 7.54. The van der Waals surface area contributed by atoms with Gasteiger partial charge in [0.25, 0.3) is 0 Å². The maximum atomic E-state index is 13.0. The number of β-amino-alcohol motifs (C(OH)–C–C–N with tert-alkyl or cyclic N) is 1. The zero-order chi connectivity index (χ0) is 20.7. The molecule has 5 rings (SSSR count). The van der Waals surface area contributed by atoms with Gasteiger partial charge in [-0.05, 0) is 37.6 Å². The third-order valence-electron chi connectivity index (χ3n) is 6.03. The molecule has 1 N–H and O–H groups in total. The number of aromatic nitrogens is 3. The average Bonchev–Trinajstić information content (AvgIpc) is 3.27. The van der Waals surface area contributed by atoms with Crippen LogP contribution in [0.25, 0.3) is 21.9 Å². The van der Waals surface area contributed by atoms with Crippen molar-refractivity contribution >= 4 is 27.8 Å². The second-order valence-corrected chi connectivity index (χ2v) is 8.06. The highest BCUT2D eigenvalue weighted by Crippen LogP contribution is 2.23. The highest BCUT2D eigenvalue weighted by molar-refractivity contribution is 5.81. The molecule has 30 heavy (non-hydrogen) atoms. The van der Waals surface area contributed by atoms with Crippen LogP contribution in [0.2, 0.25) is 0 Å². The molecule has 1 saturated heterocycles. The number of fused-ring (bicyclic) bond motifs is 2. The molecule has 0 radical (unpaired) electrons. The van der Waals surface area contributed by atoms with E-state index in [0.717, 1.165) is 33.5 Å². The van der Waals surface area contributed by atoms with Gasteiger partial charge in [-0.1, -0.05) is 36.4 Å². The number of carbonyl (C=O) groups is 1. The zero-order valence-electron chi connectivity index (χ0n) is 16.9. The molecule has 1 amide bonds. The lowest BCUT2D eigenvalue weighted by Crippen LogP contribution is -2.33. The lowest BCUT2D eigenvalue weighted by molar-refractivity contribution is -0.131. The number of rotatable bonds is 4. The monoisotopic (exact) mass is 400 g/mol. The summed E-state index contributed by atoms with van der Waals surface area (Å²) in [4.78, 5) is 24.0. The first-order valence-electron chi connectivity index (χ1n) is 10.3. The van der Waals surface area contributed by atoms with Gasteiger partial charge in [-0.3, -0.25) is 9.78 Å². The van der Waals surface area contributed by atoms with Crippen LogP contribution in [-0.4, -0.2) is 49.6 Å². The van der Waals surface area contributed by atoms with E-state index in [0.29, 0.717) is 19.5 Å². The quantitative estimate of drug-likeness (QED) is 0.572. The normalized spacial score (nSPS) is 19.1. The third kappa shape index (κ3) is 3.44. The SMILES string of the molecule is Cc1nc2ccccc2n1CC(=O)N1C[C@@H](Cc2ccc3ccccc3n2)[C@H](O)C1. The number of pyridine rings is 1. The Bertz CT molecular complexity index is 1230. The second-order valence-electron chi connectivity index (χ2n) is 8.06. The van der Waals surface area contributed by atoms with Crippen LogP contribution in [0.1, 0.15) is 11.5 Å². The van der Waals surface area contributed by atoms with Gasteiger partial charge in [0.15, 0.2) is 0 Å². The third-order valence-corrected chi connectivity index (χ3v) is 6.03. The molecule has 6 heteroatoms. The van der Waals surface area contributed by atoms with E-state index in [-0.39, 0.29) is 18.4 Å². The summed E-state index contributed by atoms with van der Waals surface area (Å²) in [7, 11) is 0. The lowest BCUT2D eigenvalue weighted by Gasteiger charge is -2.17. The van der Waals surface area contributed by atoms with Crippen molar-refractivity contribution in [2.45, 2.75) is 26.0 Å². The molecule has 1 fully saturated rings. The van der Waals surface area contributed by atoms with Gasteiger partial charge in [0.1, 0.15) is 12.4 Å². The Morgan fingerprint density at radius 1 is 1.00 bits per heavy atom. The van der Waals surface area contributed by atoms with Crippen molar-refractivity contribution in [2.75, 3.05) is 13.1 Å². The summed E-state index contributed by atoms with van der Waals surface area (Å²) < 4.78 is 1.95. The molecule has 0 spiro atoms. The van der Waals surface area contributed by atoms with Crippen LogP contribution in [-0.2, 0) is 17.8 Å². The van der Waals surface area contributed by atoms with E-state index in [1.54, 1.807) is 4.90 Å². The number of aliphatic hydroxyl groups is 1. The fraction of sp³-hybridized carbons (Fsp3) is 0.292. The Labute approximate surface area is 174 Å². The predicted octanol–water partition coefficient (Wildman–Crippen LogP) is 2.95. The van der Waals surface area contributed by atoms with Gasteiger partial charge < -0.3 is 14.6 Å². The van der Waals surface area contributed by atoms with Gasteiger partial charge in [0.2, 0.25) is 5.91 Å². The fourth-order valence-corrected chi connectivity index (χ4v) is 4.38. The van der Waals surface area contributed by atoms with E-state index in [1.807, 2.05) is 66.1 Å². The Balaban J connectivity index is 1.29. The van der Waals surface area contributed by atoms with E-state index < -0.39 is 6.10 Å². The Kier molecular flexibility index (Phi) is 4.71. The van der Waals surface area contributed by atoms with Crippen molar-refractivity contribution in [3.63, 3.8) is 0 Å². The van der Waals surface area contributed by atoms with Crippen molar-refractivity contribution in [1.29, 1.82) is 0 Å². The first kappa shape index (κ1) is 18.8. The number of aliphatic hydroxyl groups excluding tert-OH is 1. The fourth-order valence-electron chi connectivity index (χ4n) is 4.38. The van der Waals surface area contributed by atoms with Crippen molar-refractivity contribution in [1.82, 2.24) is 19.4 Å². The van der Waals surface area contributed by atoms with Crippen molar-refractivity contribution in [2.24, 2.45) is 5.92 Å². The molecule has 1 aliphatic rings. The highest BCUT2D eigenvalue weighted by Gasteiger charge is 2.34. The van der Waals surface area contributed by atoms with Gasteiger partial charge in [-0.25, -0.2) is 4.98 Å². The first-order chi connectivity index (χ1) is 14.6. The molecule has 1 aliphatic heterocycles. The molecule has 0 unspecified atom stereocenters. The maximum absolute atomic E-state index is 13.0. The minimum absolute atomic E-state index is 0.00859. The molecular formula is C24H24N4O2. The standard InChI is InChI=1S/C24H24N4O2/c1-16-25-21-8-4-5-9-22(21)28(16)15-24(30)27-13-18(23(29)14-27)12-19-11-10-17-6-2-3-7-20(17)26-19/h2-11,18,23,29H,12-15H2,1H3/t18-,23-/m1/s1. The van der Waals surface area contributed by atoms with Gasteiger partial charge >= 0.3 is 0 Å². The smallest absolute Gasteiger partial charge is 0.242 e. The molecular weight excluding hydrogens is 376 g/mol. The van der Waals surface area contributed by atoms with Crippen LogP contribution in [0, 0.1) is 12.8 Å². The van der Waals surface area contributed by atoms with Gasteiger partial charge in [0, 0.05) is 30.1 Å². The summed E-state index contributed by atoms with van der Waals surface area (Å²) in [5.41, 5.74) is 3.76. The van der Waals surface area contributed by atoms with Crippen LogP contribution >= 0.6 is 0 Å². The minimum atomic E-state index is -0.539. The summed E-state index contributed by atoms with van der Waals surface area (Å²) in [6, 6.07) is 19.9. The maximum Gasteiger partial charge on any atom is 0.242 e. The van der Waals surface area contributed by atoms with E-state index in [9.17, 15) is 9.90 Å². The molecule has 4 aromatic rings. The Hall–Kier alpha value is -3.25. The van der Waals surface area contributed by atoms with Gasteiger partial charge in [0.05, 0.1) is 22.7 Å². The number of hydrogen-bond acceptors (Lipinski definition) is 4.